The monoisotopic (exact) mass is 307 g/mol. The minimum Gasteiger partial charge on any atom is -0.444 e. The molecule has 1 aromatic rings. The largest absolute Gasteiger partial charge is 0.444 e. The number of benzene rings is 1. The zero-order valence-electron chi connectivity index (χ0n) is 13.8. The Balaban J connectivity index is 1.82. The molecule has 2 rings (SSSR count). The number of aryl methyl sites for hydroxylation is 1. The maximum Gasteiger partial charge on any atom is 0.410 e. The minimum atomic E-state index is -0.446. The zero-order chi connectivity index (χ0) is 16.2. The van der Waals surface area contributed by atoms with Gasteiger partial charge in [-0.2, -0.15) is 0 Å². The highest BCUT2D eigenvalue weighted by Crippen LogP contribution is 2.23. The van der Waals surface area contributed by atoms with Crippen molar-refractivity contribution in [2.75, 3.05) is 13.1 Å². The molecule has 1 aliphatic rings. The second-order valence-corrected chi connectivity index (χ2v) is 7.10. The fourth-order valence-electron chi connectivity index (χ4n) is 2.81. The number of amides is 1. The van der Waals surface area contributed by atoms with Crippen LogP contribution in [0.15, 0.2) is 24.3 Å². The quantitative estimate of drug-likeness (QED) is 0.828. The highest BCUT2D eigenvalue weighted by molar-refractivity contribution is 5.68. The molecule has 4 heteroatoms. The second kappa shape index (κ2) is 7.12. The Bertz CT molecular complexity index is 493. The molecule has 1 heterocycles. The first-order valence-electron chi connectivity index (χ1n) is 8.06. The van der Waals surface area contributed by atoms with E-state index in [1.54, 1.807) is 0 Å². The molecule has 1 saturated heterocycles. The predicted octanol–water partition coefficient (Wildman–Crippen LogP) is 4.41. The van der Waals surface area contributed by atoms with Gasteiger partial charge in [0.25, 0.3) is 0 Å². The first kappa shape index (κ1) is 16.8. The van der Waals surface area contributed by atoms with E-state index in [2.05, 4.69) is 0 Å². The predicted molar refractivity (Wildman–Crippen MR) is 85.3 cm³/mol. The lowest BCUT2D eigenvalue weighted by atomic mass is 9.92. The summed E-state index contributed by atoms with van der Waals surface area (Å²) in [6.07, 6.45) is 3.89. The van der Waals surface area contributed by atoms with E-state index in [-0.39, 0.29) is 11.9 Å². The van der Waals surface area contributed by atoms with E-state index in [4.69, 9.17) is 4.74 Å². The van der Waals surface area contributed by atoms with Crippen LogP contribution < -0.4 is 0 Å². The van der Waals surface area contributed by atoms with Crippen LogP contribution in [0.5, 0.6) is 0 Å². The van der Waals surface area contributed by atoms with Crippen molar-refractivity contribution in [2.45, 2.75) is 52.1 Å². The number of carbonyl (C=O) groups is 1. The lowest BCUT2D eigenvalue weighted by Gasteiger charge is -2.34. The van der Waals surface area contributed by atoms with Gasteiger partial charge in [0.15, 0.2) is 0 Å². The first-order valence-corrected chi connectivity index (χ1v) is 8.06. The van der Waals surface area contributed by atoms with Crippen LogP contribution in [-0.4, -0.2) is 29.7 Å². The fraction of sp³-hybridized carbons (Fsp3) is 0.611. The van der Waals surface area contributed by atoms with Crippen LogP contribution in [0.3, 0.4) is 0 Å². The Kier molecular flexibility index (Phi) is 5.43. The first-order chi connectivity index (χ1) is 10.3. The Morgan fingerprint density at radius 3 is 2.64 bits per heavy atom. The highest BCUT2D eigenvalue weighted by Gasteiger charge is 2.27. The lowest BCUT2D eigenvalue weighted by Crippen LogP contribution is -2.42. The van der Waals surface area contributed by atoms with E-state index in [0.29, 0.717) is 5.92 Å². The molecule has 1 aliphatic heterocycles. The topological polar surface area (TPSA) is 29.5 Å². The van der Waals surface area contributed by atoms with Gasteiger partial charge in [-0.1, -0.05) is 12.1 Å². The summed E-state index contributed by atoms with van der Waals surface area (Å²) in [5, 5.41) is 0. The molecule has 1 fully saturated rings. The van der Waals surface area contributed by atoms with Gasteiger partial charge in [-0.3, -0.25) is 0 Å². The van der Waals surface area contributed by atoms with Gasteiger partial charge in [-0.25, -0.2) is 9.18 Å². The van der Waals surface area contributed by atoms with Crippen molar-refractivity contribution in [3.8, 4) is 0 Å². The number of nitrogens with zero attached hydrogens (tertiary/aromatic N) is 1. The second-order valence-electron chi connectivity index (χ2n) is 7.10. The number of hydrogen-bond acceptors (Lipinski definition) is 2. The number of halogens is 1. The molecule has 1 atom stereocenters. The molecular weight excluding hydrogens is 281 g/mol. The van der Waals surface area contributed by atoms with Crippen LogP contribution in [0.25, 0.3) is 0 Å². The molecule has 1 aromatic carbocycles. The standard InChI is InChI=1S/C18H26FNO2/c1-18(2,3)22-17(21)20-12-4-5-15(13-20)7-6-14-8-10-16(19)11-9-14/h8-11,15H,4-7,12-13H2,1-3H3. The summed E-state index contributed by atoms with van der Waals surface area (Å²) in [7, 11) is 0. The number of ether oxygens (including phenoxy) is 1. The average molecular weight is 307 g/mol. The van der Waals surface area contributed by atoms with Gasteiger partial charge in [-0.15, -0.1) is 0 Å². The van der Waals surface area contributed by atoms with E-state index in [9.17, 15) is 9.18 Å². The average Bonchev–Trinajstić information content (AvgIpc) is 2.45. The molecule has 0 aromatic heterocycles. The summed E-state index contributed by atoms with van der Waals surface area (Å²) in [6.45, 7) is 7.21. The molecule has 0 N–H and O–H groups in total. The summed E-state index contributed by atoms with van der Waals surface area (Å²) < 4.78 is 18.3. The summed E-state index contributed by atoms with van der Waals surface area (Å²) in [6, 6.07) is 6.68. The third kappa shape index (κ3) is 5.32. The number of rotatable bonds is 3. The molecule has 0 bridgehead atoms. The Hall–Kier alpha value is -1.58. The number of likely N-dealkylation sites (tertiary alicyclic amines) is 1. The molecule has 22 heavy (non-hydrogen) atoms. The summed E-state index contributed by atoms with van der Waals surface area (Å²) in [4.78, 5) is 14.0. The third-order valence-corrected chi connectivity index (χ3v) is 3.93. The van der Waals surface area contributed by atoms with Crippen molar-refractivity contribution < 1.29 is 13.9 Å². The number of carbonyl (C=O) groups excluding carboxylic acids is 1. The van der Waals surface area contributed by atoms with Gasteiger partial charge in [0.1, 0.15) is 11.4 Å². The molecule has 3 nitrogen and oxygen atoms in total. The van der Waals surface area contributed by atoms with E-state index in [0.717, 1.165) is 44.3 Å². The van der Waals surface area contributed by atoms with E-state index >= 15 is 0 Å². The summed E-state index contributed by atoms with van der Waals surface area (Å²) >= 11 is 0. The SMILES string of the molecule is CC(C)(C)OC(=O)N1CCCC(CCc2ccc(F)cc2)C1. The molecule has 1 unspecified atom stereocenters. The molecule has 0 radical (unpaired) electrons. The molecule has 1 amide bonds. The maximum atomic E-state index is 12.9. The fourth-order valence-corrected chi connectivity index (χ4v) is 2.81. The van der Waals surface area contributed by atoms with Gasteiger partial charge in [0.2, 0.25) is 0 Å². The number of hydrogen-bond donors (Lipinski definition) is 0. The van der Waals surface area contributed by atoms with Gasteiger partial charge < -0.3 is 9.64 Å². The smallest absolute Gasteiger partial charge is 0.410 e. The molecular formula is C18H26FNO2. The lowest BCUT2D eigenvalue weighted by molar-refractivity contribution is 0.0162. The van der Waals surface area contributed by atoms with Crippen LogP contribution in [0, 0.1) is 11.7 Å². The molecule has 0 saturated carbocycles. The maximum absolute atomic E-state index is 12.9. The van der Waals surface area contributed by atoms with E-state index in [1.807, 2.05) is 37.8 Å². The molecule has 0 spiro atoms. The van der Waals surface area contributed by atoms with Gasteiger partial charge >= 0.3 is 6.09 Å². The van der Waals surface area contributed by atoms with Crippen molar-refractivity contribution in [1.29, 1.82) is 0 Å². The van der Waals surface area contributed by atoms with Gasteiger partial charge in [0.05, 0.1) is 0 Å². The number of piperidine rings is 1. The normalized spacial score (nSPS) is 19.1. The summed E-state index contributed by atoms with van der Waals surface area (Å²) in [5.74, 6) is 0.295. The Morgan fingerprint density at radius 2 is 2.00 bits per heavy atom. The van der Waals surface area contributed by atoms with Crippen LogP contribution in [-0.2, 0) is 11.2 Å². The molecule has 122 valence electrons. The van der Waals surface area contributed by atoms with Crippen molar-refractivity contribution >= 4 is 6.09 Å². The van der Waals surface area contributed by atoms with Crippen LogP contribution in [0.4, 0.5) is 9.18 Å². The van der Waals surface area contributed by atoms with E-state index < -0.39 is 5.60 Å². The summed E-state index contributed by atoms with van der Waals surface area (Å²) in [5.41, 5.74) is 0.703. The van der Waals surface area contributed by atoms with Gasteiger partial charge in [0, 0.05) is 13.1 Å². The third-order valence-electron chi connectivity index (χ3n) is 3.93. The highest BCUT2D eigenvalue weighted by atomic mass is 19.1. The van der Waals surface area contributed by atoms with Crippen molar-refractivity contribution in [1.82, 2.24) is 4.90 Å². The van der Waals surface area contributed by atoms with Crippen LogP contribution in [0.2, 0.25) is 0 Å². The zero-order valence-corrected chi connectivity index (χ0v) is 13.8. The molecule has 0 aliphatic carbocycles. The van der Waals surface area contributed by atoms with Crippen molar-refractivity contribution in [3.63, 3.8) is 0 Å². The van der Waals surface area contributed by atoms with Crippen LogP contribution >= 0.6 is 0 Å². The van der Waals surface area contributed by atoms with Gasteiger partial charge in [-0.05, 0) is 70.1 Å². The Morgan fingerprint density at radius 1 is 1.32 bits per heavy atom. The minimum absolute atomic E-state index is 0.197. The van der Waals surface area contributed by atoms with Crippen molar-refractivity contribution in [3.05, 3.63) is 35.6 Å². The van der Waals surface area contributed by atoms with E-state index in [1.165, 1.54) is 12.1 Å². The Labute approximate surface area is 132 Å². The van der Waals surface area contributed by atoms with Crippen molar-refractivity contribution in [2.24, 2.45) is 5.92 Å². The van der Waals surface area contributed by atoms with Crippen LogP contribution in [0.1, 0.15) is 45.6 Å².